The predicted octanol–water partition coefficient (Wildman–Crippen LogP) is 3.35. The molecule has 0 radical (unpaired) electrons. The summed E-state index contributed by atoms with van der Waals surface area (Å²) in [5.41, 5.74) is 9.73. The summed E-state index contributed by atoms with van der Waals surface area (Å²) in [6.45, 7) is 2.68. The molecule has 2 heterocycles. The fourth-order valence-corrected chi connectivity index (χ4v) is 4.73. The van der Waals surface area contributed by atoms with Gasteiger partial charge in [-0.25, -0.2) is 0 Å². The van der Waals surface area contributed by atoms with Gasteiger partial charge in [0.15, 0.2) is 11.4 Å². The number of aromatic nitrogens is 3. The number of nitrogens with two attached hydrogens (primary N) is 1. The first-order chi connectivity index (χ1) is 15.1. The van der Waals surface area contributed by atoms with Crippen LogP contribution in [0.2, 0.25) is 0 Å². The lowest BCUT2D eigenvalue weighted by atomic mass is 9.91. The van der Waals surface area contributed by atoms with Crippen LogP contribution in [0.5, 0.6) is 0 Å². The molecular weight excluding hydrogens is 412 g/mol. The van der Waals surface area contributed by atoms with Gasteiger partial charge in [-0.3, -0.25) is 0 Å². The van der Waals surface area contributed by atoms with Crippen molar-refractivity contribution in [3.05, 3.63) is 77.1 Å². The number of benzene rings is 2. The lowest BCUT2D eigenvalue weighted by Crippen LogP contribution is -2.38. The zero-order valence-electron chi connectivity index (χ0n) is 17.7. The van der Waals surface area contributed by atoms with Crippen LogP contribution in [0.15, 0.2) is 60.0 Å². The molecule has 0 spiro atoms. The highest BCUT2D eigenvalue weighted by Gasteiger charge is 2.38. The maximum absolute atomic E-state index is 9.37. The Morgan fingerprint density at radius 2 is 1.71 bits per heavy atom. The van der Waals surface area contributed by atoms with Crippen molar-refractivity contribution >= 4 is 11.8 Å². The van der Waals surface area contributed by atoms with E-state index >= 15 is 0 Å². The molecule has 164 valence electrons. The van der Waals surface area contributed by atoms with E-state index in [0.717, 1.165) is 33.2 Å². The van der Waals surface area contributed by atoms with Crippen LogP contribution in [0.4, 0.5) is 0 Å². The zero-order valence-corrected chi connectivity index (χ0v) is 18.5. The second kappa shape index (κ2) is 9.93. The van der Waals surface area contributed by atoms with Gasteiger partial charge in [0.2, 0.25) is 0 Å². The van der Waals surface area contributed by atoms with Gasteiger partial charge in [0, 0.05) is 30.8 Å². The van der Waals surface area contributed by atoms with E-state index in [-0.39, 0.29) is 24.7 Å². The number of aliphatic hydroxyl groups is 1. The molecule has 0 saturated carbocycles. The molecule has 1 aliphatic rings. The molecule has 4 rings (SSSR count). The largest absolute Gasteiger partial charge is 0.392 e. The van der Waals surface area contributed by atoms with Gasteiger partial charge in [-0.2, -0.15) is 0 Å². The Kier molecular flexibility index (Phi) is 7.04. The quantitative estimate of drug-likeness (QED) is 0.544. The molecule has 0 amide bonds. The minimum atomic E-state index is -0.476. The van der Waals surface area contributed by atoms with Crippen LogP contribution in [-0.4, -0.2) is 31.7 Å². The van der Waals surface area contributed by atoms with E-state index < -0.39 is 6.29 Å². The van der Waals surface area contributed by atoms with Crippen molar-refractivity contribution in [3.63, 3.8) is 0 Å². The monoisotopic (exact) mass is 440 g/mol. The fraction of sp³-hybridized carbons (Fsp3) is 0.391. The average molecular weight is 441 g/mol. The van der Waals surface area contributed by atoms with Crippen LogP contribution >= 0.6 is 11.8 Å². The number of nitrogens with zero attached hydrogens (tertiary/aromatic N) is 3. The second-order valence-corrected chi connectivity index (χ2v) is 8.79. The van der Waals surface area contributed by atoms with Crippen LogP contribution in [0.25, 0.3) is 0 Å². The number of aliphatic hydroxyl groups excluding tert-OH is 1. The van der Waals surface area contributed by atoms with Crippen molar-refractivity contribution < 1.29 is 14.6 Å². The summed E-state index contributed by atoms with van der Waals surface area (Å²) in [6, 6.07) is 16.0. The first-order valence-electron chi connectivity index (χ1n) is 10.4. The van der Waals surface area contributed by atoms with Gasteiger partial charge >= 0.3 is 0 Å². The summed E-state index contributed by atoms with van der Waals surface area (Å²) in [7, 11) is 1.93. The minimum absolute atomic E-state index is 0.0253. The SMILES string of the molecule is C[C@H]1[C@@H](CSc2nncn2C)O[C@@H](c2ccc(CN)cc2)O[C@H]1c1ccc(CO)cc1. The van der Waals surface area contributed by atoms with Crippen LogP contribution in [0.3, 0.4) is 0 Å². The molecule has 1 fully saturated rings. The summed E-state index contributed by atoms with van der Waals surface area (Å²) in [4.78, 5) is 0. The third kappa shape index (κ3) is 4.99. The van der Waals surface area contributed by atoms with Gasteiger partial charge in [-0.1, -0.05) is 67.2 Å². The summed E-state index contributed by atoms with van der Waals surface area (Å²) < 4.78 is 14.8. The maximum atomic E-state index is 9.37. The van der Waals surface area contributed by atoms with Gasteiger partial charge < -0.3 is 24.9 Å². The van der Waals surface area contributed by atoms with Crippen LogP contribution in [-0.2, 0) is 29.7 Å². The van der Waals surface area contributed by atoms with Crippen molar-refractivity contribution in [2.24, 2.45) is 18.7 Å². The number of rotatable bonds is 7. The number of ether oxygens (including phenoxy) is 2. The number of aryl methyl sites for hydroxylation is 1. The van der Waals surface area contributed by atoms with E-state index in [1.165, 1.54) is 0 Å². The predicted molar refractivity (Wildman–Crippen MR) is 119 cm³/mol. The fourth-order valence-electron chi connectivity index (χ4n) is 3.68. The van der Waals surface area contributed by atoms with E-state index in [1.807, 2.05) is 60.1 Å². The molecule has 31 heavy (non-hydrogen) atoms. The third-order valence-corrected chi connectivity index (χ3v) is 6.78. The molecule has 4 atom stereocenters. The molecule has 7 nitrogen and oxygen atoms in total. The van der Waals surface area contributed by atoms with Gasteiger partial charge in [0.25, 0.3) is 0 Å². The van der Waals surface area contributed by atoms with Crippen molar-refractivity contribution in [1.82, 2.24) is 14.8 Å². The molecule has 2 aromatic carbocycles. The molecule has 1 aromatic heterocycles. The van der Waals surface area contributed by atoms with E-state index in [1.54, 1.807) is 18.1 Å². The molecular formula is C23H28N4O3S. The van der Waals surface area contributed by atoms with Gasteiger partial charge in [0.05, 0.1) is 18.8 Å². The summed E-state index contributed by atoms with van der Waals surface area (Å²) in [6.07, 6.45) is 1.04. The summed E-state index contributed by atoms with van der Waals surface area (Å²) >= 11 is 1.63. The molecule has 0 unspecified atom stereocenters. The maximum Gasteiger partial charge on any atom is 0.190 e. The lowest BCUT2D eigenvalue weighted by molar-refractivity contribution is -0.268. The highest BCUT2D eigenvalue weighted by atomic mass is 32.2. The second-order valence-electron chi connectivity index (χ2n) is 7.80. The minimum Gasteiger partial charge on any atom is -0.392 e. The average Bonchev–Trinajstić information content (AvgIpc) is 3.23. The van der Waals surface area contributed by atoms with Crippen LogP contribution in [0, 0.1) is 5.92 Å². The molecule has 3 aromatic rings. The zero-order chi connectivity index (χ0) is 21.8. The molecule has 0 aliphatic carbocycles. The summed E-state index contributed by atoms with van der Waals surface area (Å²) in [5.74, 6) is 0.861. The smallest absolute Gasteiger partial charge is 0.190 e. The Morgan fingerprint density at radius 1 is 1.03 bits per heavy atom. The van der Waals surface area contributed by atoms with Crippen molar-refractivity contribution in [3.8, 4) is 0 Å². The number of hydrogen-bond donors (Lipinski definition) is 2. The Morgan fingerprint density at radius 3 is 2.32 bits per heavy atom. The van der Waals surface area contributed by atoms with Crippen LogP contribution < -0.4 is 5.73 Å². The Hall–Kier alpha value is -2.23. The standard InChI is InChI=1S/C23H28N4O3S/c1-15-20(13-31-23-26-25-14-27(23)2)29-22(19-9-3-16(11-24)4-10-19)30-21(15)18-7-5-17(12-28)6-8-18/h3-10,14-15,20-22,28H,11-13,24H2,1-2H3/t15-,20+,21+,22+/m0/s1. The third-order valence-electron chi connectivity index (χ3n) is 5.66. The molecule has 3 N–H and O–H groups in total. The highest BCUT2D eigenvalue weighted by Crippen LogP contribution is 2.42. The Labute approximate surface area is 186 Å². The van der Waals surface area contributed by atoms with Crippen molar-refractivity contribution in [1.29, 1.82) is 0 Å². The first-order valence-corrected chi connectivity index (χ1v) is 11.3. The van der Waals surface area contributed by atoms with Gasteiger partial charge in [-0.15, -0.1) is 10.2 Å². The highest BCUT2D eigenvalue weighted by molar-refractivity contribution is 7.99. The Bertz CT molecular complexity index is 977. The van der Waals surface area contributed by atoms with E-state index in [0.29, 0.717) is 6.54 Å². The molecule has 8 heteroatoms. The lowest BCUT2D eigenvalue weighted by Gasteiger charge is -2.41. The number of thioether (sulfide) groups is 1. The van der Waals surface area contributed by atoms with Crippen molar-refractivity contribution in [2.45, 2.75) is 43.7 Å². The topological polar surface area (TPSA) is 95.4 Å². The number of hydrogen-bond acceptors (Lipinski definition) is 7. The van der Waals surface area contributed by atoms with Crippen molar-refractivity contribution in [2.75, 3.05) is 5.75 Å². The normalized spacial score (nSPS) is 23.7. The van der Waals surface area contributed by atoms with Gasteiger partial charge in [0.1, 0.15) is 6.33 Å². The molecule has 1 aliphatic heterocycles. The van der Waals surface area contributed by atoms with Crippen LogP contribution in [0.1, 0.15) is 41.6 Å². The molecule has 1 saturated heterocycles. The molecule has 0 bridgehead atoms. The Balaban J connectivity index is 1.58. The van der Waals surface area contributed by atoms with E-state index in [4.69, 9.17) is 15.2 Å². The van der Waals surface area contributed by atoms with E-state index in [9.17, 15) is 5.11 Å². The first kappa shape index (κ1) is 22.0. The van der Waals surface area contributed by atoms with Gasteiger partial charge in [-0.05, 0) is 16.7 Å². The summed E-state index contributed by atoms with van der Waals surface area (Å²) in [5, 5.41) is 18.4. The van der Waals surface area contributed by atoms with E-state index in [2.05, 4.69) is 17.1 Å².